The molecule has 0 aliphatic heterocycles. The molecule has 4 heteroatoms. The largest absolute Gasteiger partial charge is 0.481 e. The second kappa shape index (κ2) is 12.5. The van der Waals surface area contributed by atoms with Gasteiger partial charge < -0.3 is 15.3 Å². The number of aliphatic carboxylic acids is 1. The highest BCUT2D eigenvalue weighted by atomic mass is 16.4. The summed E-state index contributed by atoms with van der Waals surface area (Å²) in [4.78, 5) is 10.5. The molecule has 1 aliphatic carbocycles. The Bertz CT molecular complexity index is 367. The Labute approximate surface area is 147 Å². The molecule has 4 atom stereocenters. The van der Waals surface area contributed by atoms with Gasteiger partial charge in [0.15, 0.2) is 0 Å². The summed E-state index contributed by atoms with van der Waals surface area (Å²) in [6, 6.07) is 0. The normalized spacial score (nSPS) is 25.4. The van der Waals surface area contributed by atoms with E-state index in [1.165, 1.54) is 6.42 Å². The Morgan fingerprint density at radius 2 is 1.88 bits per heavy atom. The van der Waals surface area contributed by atoms with Crippen LogP contribution < -0.4 is 0 Å². The van der Waals surface area contributed by atoms with E-state index in [1.54, 1.807) is 0 Å². The van der Waals surface area contributed by atoms with E-state index >= 15 is 0 Å². The number of hydrogen-bond donors (Lipinski definition) is 3. The summed E-state index contributed by atoms with van der Waals surface area (Å²) in [6.07, 6.45) is 14.6. The van der Waals surface area contributed by atoms with Crippen LogP contribution in [0.1, 0.15) is 84.0 Å². The molecule has 24 heavy (non-hydrogen) atoms. The standard InChI is InChI=1S/C20H36O4/c1-2-3-6-9-17(21)14-12-16-13-15-19(22)18(16)10-7-4-5-8-11-20(23)24/h12,14,16-19,21-22H,2-11,13,15H2,1H3,(H,23,24)/b14-12+/t16-,17?,18?,19?/m0/s1. The minimum Gasteiger partial charge on any atom is -0.481 e. The van der Waals surface area contributed by atoms with Gasteiger partial charge in [0.1, 0.15) is 0 Å². The number of carbonyl (C=O) groups is 1. The summed E-state index contributed by atoms with van der Waals surface area (Å²) in [5.74, 6) is -0.0488. The van der Waals surface area contributed by atoms with E-state index < -0.39 is 5.97 Å². The second-order valence-electron chi connectivity index (χ2n) is 7.27. The minimum atomic E-state index is -0.719. The maximum Gasteiger partial charge on any atom is 0.303 e. The van der Waals surface area contributed by atoms with Crippen LogP contribution in [0.2, 0.25) is 0 Å². The molecule has 3 N–H and O–H groups in total. The molecule has 1 rings (SSSR count). The lowest BCUT2D eigenvalue weighted by molar-refractivity contribution is -0.137. The Morgan fingerprint density at radius 3 is 2.58 bits per heavy atom. The SMILES string of the molecule is CCCCCC(O)/C=C/[C@H]1CCC(O)C1CCCCCCC(=O)O. The van der Waals surface area contributed by atoms with E-state index in [-0.39, 0.29) is 18.6 Å². The Kier molecular flexibility index (Phi) is 11.0. The fourth-order valence-corrected chi connectivity index (χ4v) is 3.70. The topological polar surface area (TPSA) is 77.8 Å². The van der Waals surface area contributed by atoms with E-state index in [2.05, 4.69) is 13.0 Å². The first-order chi connectivity index (χ1) is 11.5. The summed E-state index contributed by atoms with van der Waals surface area (Å²) >= 11 is 0. The van der Waals surface area contributed by atoms with Crippen molar-refractivity contribution in [2.75, 3.05) is 0 Å². The molecule has 0 heterocycles. The van der Waals surface area contributed by atoms with Crippen molar-refractivity contribution in [2.45, 2.75) is 96.2 Å². The Hall–Kier alpha value is -0.870. The molecular weight excluding hydrogens is 304 g/mol. The van der Waals surface area contributed by atoms with E-state index in [0.717, 1.165) is 64.2 Å². The maximum absolute atomic E-state index is 10.5. The minimum absolute atomic E-state index is 0.226. The molecule has 0 spiro atoms. The van der Waals surface area contributed by atoms with Crippen molar-refractivity contribution >= 4 is 5.97 Å². The van der Waals surface area contributed by atoms with Crippen molar-refractivity contribution in [3.63, 3.8) is 0 Å². The van der Waals surface area contributed by atoms with Gasteiger partial charge in [0.2, 0.25) is 0 Å². The molecule has 0 aromatic heterocycles. The summed E-state index contributed by atoms with van der Waals surface area (Å²) < 4.78 is 0. The number of allylic oxidation sites excluding steroid dienone is 1. The van der Waals surface area contributed by atoms with Crippen LogP contribution in [0.3, 0.4) is 0 Å². The highest BCUT2D eigenvalue weighted by Crippen LogP contribution is 2.36. The van der Waals surface area contributed by atoms with E-state index in [0.29, 0.717) is 11.8 Å². The van der Waals surface area contributed by atoms with E-state index in [1.807, 2.05) is 6.08 Å². The summed E-state index contributed by atoms with van der Waals surface area (Å²) in [5.41, 5.74) is 0. The van der Waals surface area contributed by atoms with Crippen LogP contribution in [0.4, 0.5) is 0 Å². The zero-order chi connectivity index (χ0) is 17.8. The molecule has 0 bridgehead atoms. The van der Waals surface area contributed by atoms with Gasteiger partial charge in [0.25, 0.3) is 0 Å². The van der Waals surface area contributed by atoms with Gasteiger partial charge in [-0.25, -0.2) is 0 Å². The van der Waals surface area contributed by atoms with Gasteiger partial charge in [0, 0.05) is 6.42 Å². The first-order valence-corrected chi connectivity index (χ1v) is 9.80. The molecule has 0 aromatic rings. The number of unbranched alkanes of at least 4 members (excludes halogenated alkanes) is 5. The molecule has 1 aliphatic rings. The van der Waals surface area contributed by atoms with Gasteiger partial charge >= 0.3 is 5.97 Å². The molecule has 1 fully saturated rings. The predicted molar refractivity (Wildman–Crippen MR) is 96.8 cm³/mol. The quantitative estimate of drug-likeness (QED) is 0.345. The van der Waals surface area contributed by atoms with Crippen molar-refractivity contribution in [1.29, 1.82) is 0 Å². The van der Waals surface area contributed by atoms with Crippen molar-refractivity contribution in [3.05, 3.63) is 12.2 Å². The molecule has 4 nitrogen and oxygen atoms in total. The third-order valence-electron chi connectivity index (χ3n) is 5.20. The molecule has 0 radical (unpaired) electrons. The number of carboxylic acid groups (broad SMARTS) is 1. The second-order valence-corrected chi connectivity index (χ2v) is 7.27. The van der Waals surface area contributed by atoms with E-state index in [9.17, 15) is 15.0 Å². The van der Waals surface area contributed by atoms with Gasteiger partial charge in [-0.05, 0) is 43.9 Å². The van der Waals surface area contributed by atoms with Crippen molar-refractivity contribution < 1.29 is 20.1 Å². The van der Waals surface area contributed by atoms with Gasteiger partial charge in [-0.2, -0.15) is 0 Å². The molecule has 1 saturated carbocycles. The Morgan fingerprint density at radius 1 is 1.12 bits per heavy atom. The fraction of sp³-hybridized carbons (Fsp3) is 0.850. The van der Waals surface area contributed by atoms with Crippen molar-refractivity contribution in [2.24, 2.45) is 11.8 Å². The van der Waals surface area contributed by atoms with Gasteiger partial charge in [-0.15, -0.1) is 0 Å². The highest BCUT2D eigenvalue weighted by Gasteiger charge is 2.32. The fourth-order valence-electron chi connectivity index (χ4n) is 3.70. The molecule has 3 unspecified atom stereocenters. The van der Waals surface area contributed by atoms with Gasteiger partial charge in [0.05, 0.1) is 12.2 Å². The average molecular weight is 341 g/mol. The summed E-state index contributed by atoms with van der Waals surface area (Å²) in [6.45, 7) is 2.16. The summed E-state index contributed by atoms with van der Waals surface area (Å²) in [7, 11) is 0. The van der Waals surface area contributed by atoms with Crippen LogP contribution in [0.15, 0.2) is 12.2 Å². The number of hydrogen-bond acceptors (Lipinski definition) is 3. The third kappa shape index (κ3) is 8.84. The van der Waals surface area contributed by atoms with Crippen LogP contribution in [-0.2, 0) is 4.79 Å². The number of rotatable bonds is 13. The molecule has 0 amide bonds. The lowest BCUT2D eigenvalue weighted by Crippen LogP contribution is -2.18. The lowest BCUT2D eigenvalue weighted by atomic mass is 9.88. The molecule has 140 valence electrons. The maximum atomic E-state index is 10.5. The number of carboxylic acids is 1. The third-order valence-corrected chi connectivity index (χ3v) is 5.20. The van der Waals surface area contributed by atoms with Gasteiger partial charge in [-0.3, -0.25) is 4.79 Å². The van der Waals surface area contributed by atoms with Crippen molar-refractivity contribution in [1.82, 2.24) is 0 Å². The average Bonchev–Trinajstić information content (AvgIpc) is 2.89. The van der Waals surface area contributed by atoms with Crippen LogP contribution in [-0.4, -0.2) is 33.5 Å². The van der Waals surface area contributed by atoms with Crippen molar-refractivity contribution in [3.8, 4) is 0 Å². The highest BCUT2D eigenvalue weighted by molar-refractivity contribution is 5.66. The van der Waals surface area contributed by atoms with Crippen LogP contribution in [0, 0.1) is 11.8 Å². The zero-order valence-electron chi connectivity index (χ0n) is 15.2. The van der Waals surface area contributed by atoms with Crippen LogP contribution in [0.25, 0.3) is 0 Å². The molecular formula is C20H36O4. The predicted octanol–water partition coefficient (Wildman–Crippen LogP) is 4.30. The smallest absolute Gasteiger partial charge is 0.303 e. The monoisotopic (exact) mass is 340 g/mol. The zero-order valence-corrected chi connectivity index (χ0v) is 15.2. The first-order valence-electron chi connectivity index (χ1n) is 9.80. The first kappa shape index (κ1) is 21.2. The number of aliphatic hydroxyl groups excluding tert-OH is 2. The van der Waals surface area contributed by atoms with Gasteiger partial charge in [-0.1, -0.05) is 57.6 Å². The Balaban J connectivity index is 2.27. The lowest BCUT2D eigenvalue weighted by Gasteiger charge is -2.20. The van der Waals surface area contributed by atoms with E-state index in [4.69, 9.17) is 5.11 Å². The number of aliphatic hydroxyl groups is 2. The van der Waals surface area contributed by atoms with Crippen LogP contribution >= 0.6 is 0 Å². The summed E-state index contributed by atoms with van der Waals surface area (Å²) in [5, 5.41) is 28.8. The van der Waals surface area contributed by atoms with Crippen LogP contribution in [0.5, 0.6) is 0 Å². The molecule has 0 aromatic carbocycles. The molecule has 0 saturated heterocycles.